The SMILES string of the molecule is C#CCNC(=NC)NC1CCN(c2cccc(OC(F)(F)F)c2)C1.I. The average Bonchev–Trinajstić information content (AvgIpc) is 2.98. The first kappa shape index (κ1) is 21.2. The summed E-state index contributed by atoms with van der Waals surface area (Å²) in [7, 11) is 1.65. The van der Waals surface area contributed by atoms with Crippen LogP contribution in [0.25, 0.3) is 0 Å². The summed E-state index contributed by atoms with van der Waals surface area (Å²) in [6.45, 7) is 1.73. The summed E-state index contributed by atoms with van der Waals surface area (Å²) in [6, 6.07) is 6.11. The molecule has 1 aliphatic rings. The van der Waals surface area contributed by atoms with Crippen LogP contribution >= 0.6 is 24.0 Å². The summed E-state index contributed by atoms with van der Waals surface area (Å²) in [6.07, 6.45) is 1.34. The summed E-state index contributed by atoms with van der Waals surface area (Å²) in [5.74, 6) is 2.85. The van der Waals surface area contributed by atoms with Gasteiger partial charge < -0.3 is 20.3 Å². The highest BCUT2D eigenvalue weighted by Crippen LogP contribution is 2.28. The molecule has 5 nitrogen and oxygen atoms in total. The van der Waals surface area contributed by atoms with E-state index in [0.29, 0.717) is 24.7 Å². The van der Waals surface area contributed by atoms with Crippen molar-refractivity contribution in [2.75, 3.05) is 31.6 Å². The number of benzene rings is 1. The number of nitrogens with zero attached hydrogens (tertiary/aromatic N) is 2. The Morgan fingerprint density at radius 3 is 2.88 bits per heavy atom. The molecule has 0 saturated carbocycles. The fourth-order valence-electron chi connectivity index (χ4n) is 2.51. The Balaban J connectivity index is 0.00000312. The first-order valence-corrected chi connectivity index (χ1v) is 7.42. The van der Waals surface area contributed by atoms with Crippen LogP contribution in [0.3, 0.4) is 0 Å². The first-order chi connectivity index (χ1) is 11.4. The van der Waals surface area contributed by atoms with Gasteiger partial charge in [-0.05, 0) is 18.6 Å². The molecule has 1 heterocycles. The van der Waals surface area contributed by atoms with Crippen molar-refractivity contribution < 1.29 is 17.9 Å². The number of rotatable bonds is 4. The van der Waals surface area contributed by atoms with Crippen molar-refractivity contribution in [3.8, 4) is 18.1 Å². The topological polar surface area (TPSA) is 48.9 Å². The Morgan fingerprint density at radius 2 is 2.24 bits per heavy atom. The van der Waals surface area contributed by atoms with Crippen molar-refractivity contribution in [2.24, 2.45) is 4.99 Å². The average molecular weight is 468 g/mol. The second kappa shape index (κ2) is 9.60. The number of anilines is 1. The van der Waals surface area contributed by atoms with Gasteiger partial charge in [-0.2, -0.15) is 0 Å². The van der Waals surface area contributed by atoms with Gasteiger partial charge in [0.25, 0.3) is 0 Å². The summed E-state index contributed by atoms with van der Waals surface area (Å²) in [5, 5.41) is 6.22. The van der Waals surface area contributed by atoms with Crippen LogP contribution < -0.4 is 20.3 Å². The van der Waals surface area contributed by atoms with E-state index in [2.05, 4.69) is 26.3 Å². The first-order valence-electron chi connectivity index (χ1n) is 7.42. The van der Waals surface area contributed by atoms with E-state index in [1.54, 1.807) is 19.2 Å². The molecule has 0 aliphatic carbocycles. The van der Waals surface area contributed by atoms with Gasteiger partial charge in [-0.15, -0.1) is 43.6 Å². The molecule has 2 N–H and O–H groups in total. The molecular formula is C16H20F3IN4O. The van der Waals surface area contributed by atoms with Crippen LogP contribution in [0.15, 0.2) is 29.3 Å². The maximum Gasteiger partial charge on any atom is 0.573 e. The molecule has 25 heavy (non-hydrogen) atoms. The van der Waals surface area contributed by atoms with Crippen molar-refractivity contribution in [2.45, 2.75) is 18.8 Å². The van der Waals surface area contributed by atoms with Crippen LogP contribution in [0.1, 0.15) is 6.42 Å². The lowest BCUT2D eigenvalue weighted by Gasteiger charge is -2.21. The van der Waals surface area contributed by atoms with Gasteiger partial charge in [0.1, 0.15) is 5.75 Å². The molecule has 1 aliphatic heterocycles. The Hall–Kier alpha value is -1.83. The Bertz CT molecular complexity index is 631. The predicted octanol–water partition coefficient (Wildman–Crippen LogP) is 2.58. The van der Waals surface area contributed by atoms with E-state index >= 15 is 0 Å². The van der Waals surface area contributed by atoms with Crippen LogP contribution in [-0.2, 0) is 0 Å². The van der Waals surface area contributed by atoms with Crippen LogP contribution in [0.4, 0.5) is 18.9 Å². The number of aliphatic imine (C=N–C) groups is 1. The number of halogens is 4. The molecule has 138 valence electrons. The van der Waals surface area contributed by atoms with Gasteiger partial charge in [-0.25, -0.2) is 0 Å². The third-order valence-electron chi connectivity index (χ3n) is 3.53. The summed E-state index contributed by atoms with van der Waals surface area (Å²) in [4.78, 5) is 6.07. The second-order valence-corrected chi connectivity index (χ2v) is 5.25. The Kier molecular flexibility index (Phi) is 8.15. The van der Waals surface area contributed by atoms with E-state index in [-0.39, 0.29) is 35.8 Å². The second-order valence-electron chi connectivity index (χ2n) is 5.25. The van der Waals surface area contributed by atoms with Crippen LogP contribution in [0.5, 0.6) is 5.75 Å². The number of hydrogen-bond donors (Lipinski definition) is 2. The fraction of sp³-hybridized carbons (Fsp3) is 0.438. The lowest BCUT2D eigenvalue weighted by Crippen LogP contribution is -2.44. The minimum atomic E-state index is -4.69. The highest BCUT2D eigenvalue weighted by molar-refractivity contribution is 14.0. The zero-order valence-electron chi connectivity index (χ0n) is 13.6. The number of alkyl halides is 3. The number of terminal acetylenes is 1. The number of guanidine groups is 1. The number of nitrogens with one attached hydrogen (secondary N) is 2. The van der Waals surface area contributed by atoms with Gasteiger partial charge >= 0.3 is 6.36 Å². The quantitative estimate of drug-likeness (QED) is 0.309. The van der Waals surface area contributed by atoms with Crippen LogP contribution in [-0.4, -0.2) is 45.0 Å². The third kappa shape index (κ3) is 6.89. The molecule has 0 amide bonds. The largest absolute Gasteiger partial charge is 0.573 e. The molecule has 0 radical (unpaired) electrons. The zero-order valence-corrected chi connectivity index (χ0v) is 16.0. The van der Waals surface area contributed by atoms with Crippen molar-refractivity contribution in [3.05, 3.63) is 24.3 Å². The smallest absolute Gasteiger partial charge is 0.406 e. The van der Waals surface area contributed by atoms with Crippen molar-refractivity contribution in [1.82, 2.24) is 10.6 Å². The Morgan fingerprint density at radius 1 is 1.48 bits per heavy atom. The summed E-state index contributed by atoms with van der Waals surface area (Å²) >= 11 is 0. The van der Waals surface area contributed by atoms with E-state index in [4.69, 9.17) is 6.42 Å². The fourth-order valence-corrected chi connectivity index (χ4v) is 2.51. The van der Waals surface area contributed by atoms with Gasteiger partial charge in [-0.3, -0.25) is 4.99 Å². The Labute approximate surface area is 162 Å². The van der Waals surface area contributed by atoms with Gasteiger partial charge in [0.15, 0.2) is 5.96 Å². The molecule has 2 rings (SSSR count). The van der Waals surface area contributed by atoms with E-state index in [1.807, 2.05) is 4.90 Å². The standard InChI is InChI=1S/C16H19F3N4O.HI/c1-3-8-21-15(20-2)22-12-7-9-23(11-12)13-5-4-6-14(10-13)24-16(17,18)19;/h1,4-6,10,12H,7-9,11H2,2H3,(H2,20,21,22);1H. The molecular weight excluding hydrogens is 448 g/mol. The maximum atomic E-state index is 12.3. The summed E-state index contributed by atoms with van der Waals surface area (Å²) in [5.41, 5.74) is 0.688. The zero-order chi connectivity index (χ0) is 17.6. The molecule has 1 atom stereocenters. The molecule has 0 spiro atoms. The molecule has 0 bridgehead atoms. The van der Waals surface area contributed by atoms with Gasteiger partial charge in [0, 0.05) is 37.9 Å². The molecule has 9 heteroatoms. The van der Waals surface area contributed by atoms with Crippen molar-refractivity contribution in [3.63, 3.8) is 0 Å². The van der Waals surface area contributed by atoms with Crippen LogP contribution in [0, 0.1) is 12.3 Å². The van der Waals surface area contributed by atoms with Crippen molar-refractivity contribution in [1.29, 1.82) is 0 Å². The van der Waals surface area contributed by atoms with E-state index in [9.17, 15) is 13.2 Å². The van der Waals surface area contributed by atoms with Crippen LogP contribution in [0.2, 0.25) is 0 Å². The highest BCUT2D eigenvalue weighted by Gasteiger charge is 2.31. The third-order valence-corrected chi connectivity index (χ3v) is 3.53. The molecule has 1 aromatic carbocycles. The molecule has 0 aromatic heterocycles. The van der Waals surface area contributed by atoms with Gasteiger partial charge in [-0.1, -0.05) is 12.0 Å². The van der Waals surface area contributed by atoms with Crippen molar-refractivity contribution >= 4 is 35.6 Å². The minimum absolute atomic E-state index is 0. The minimum Gasteiger partial charge on any atom is -0.406 e. The maximum absolute atomic E-state index is 12.3. The normalized spacial score (nSPS) is 17.5. The summed E-state index contributed by atoms with van der Waals surface area (Å²) < 4.78 is 40.9. The van der Waals surface area contributed by atoms with E-state index < -0.39 is 6.36 Å². The lowest BCUT2D eigenvalue weighted by atomic mass is 10.2. The van der Waals surface area contributed by atoms with Gasteiger partial charge in [0.2, 0.25) is 0 Å². The van der Waals surface area contributed by atoms with Gasteiger partial charge in [0.05, 0.1) is 6.54 Å². The number of ether oxygens (including phenoxy) is 1. The predicted molar refractivity (Wildman–Crippen MR) is 102 cm³/mol. The molecule has 1 unspecified atom stereocenters. The molecule has 1 saturated heterocycles. The van der Waals surface area contributed by atoms with E-state index in [1.165, 1.54) is 12.1 Å². The monoisotopic (exact) mass is 468 g/mol. The lowest BCUT2D eigenvalue weighted by molar-refractivity contribution is -0.274. The molecule has 1 aromatic rings. The number of hydrogen-bond acceptors (Lipinski definition) is 3. The highest BCUT2D eigenvalue weighted by atomic mass is 127. The van der Waals surface area contributed by atoms with E-state index in [0.717, 1.165) is 13.0 Å². The molecule has 1 fully saturated rings.